The normalized spacial score (nSPS) is 11.5. The molecule has 22 heavy (non-hydrogen) atoms. The number of hydrogen-bond donors (Lipinski definition) is 0. The molecule has 0 unspecified atom stereocenters. The van der Waals surface area contributed by atoms with Gasteiger partial charge in [-0.3, -0.25) is 4.57 Å². The largest absolute Gasteiger partial charge is 0.461 e. The van der Waals surface area contributed by atoms with Crippen molar-refractivity contribution in [2.24, 2.45) is 5.92 Å². The van der Waals surface area contributed by atoms with Gasteiger partial charge >= 0.3 is 0 Å². The maximum Gasteiger partial charge on any atom is 0.237 e. The van der Waals surface area contributed by atoms with Crippen LogP contribution in [0.1, 0.15) is 25.6 Å². The number of nitrogens with zero attached hydrogens (tertiary/aromatic N) is 5. The molecular formula is C14H17N5O2S. The molecule has 0 radical (unpaired) electrons. The zero-order valence-corrected chi connectivity index (χ0v) is 13.5. The molecule has 0 saturated carbocycles. The summed E-state index contributed by atoms with van der Waals surface area (Å²) in [6, 6.07) is 3.73. The second kappa shape index (κ2) is 6.35. The van der Waals surface area contributed by atoms with Crippen molar-refractivity contribution in [2.75, 3.05) is 0 Å². The van der Waals surface area contributed by atoms with Crippen LogP contribution in [-0.4, -0.2) is 24.9 Å². The maximum atomic E-state index is 5.45. The van der Waals surface area contributed by atoms with E-state index in [1.54, 1.807) is 13.2 Å². The van der Waals surface area contributed by atoms with Crippen molar-refractivity contribution >= 4 is 11.8 Å². The van der Waals surface area contributed by atoms with Crippen molar-refractivity contribution in [1.29, 1.82) is 0 Å². The molecule has 116 valence electrons. The SMILES string of the molecule is Cc1noc(CSc2nnc(-c3ccco3)n2CC(C)C)n1. The van der Waals surface area contributed by atoms with Gasteiger partial charge in [0.15, 0.2) is 22.6 Å². The maximum absolute atomic E-state index is 5.45. The van der Waals surface area contributed by atoms with Crippen molar-refractivity contribution in [2.45, 2.75) is 38.2 Å². The van der Waals surface area contributed by atoms with Crippen molar-refractivity contribution in [3.63, 3.8) is 0 Å². The minimum absolute atomic E-state index is 0.467. The number of hydrogen-bond acceptors (Lipinski definition) is 7. The first-order valence-corrected chi connectivity index (χ1v) is 8.01. The Hall–Kier alpha value is -2.09. The lowest BCUT2D eigenvalue weighted by molar-refractivity contribution is 0.387. The summed E-state index contributed by atoms with van der Waals surface area (Å²) in [5.74, 6) is 3.71. The van der Waals surface area contributed by atoms with E-state index in [2.05, 4.69) is 38.8 Å². The van der Waals surface area contributed by atoms with Crippen molar-refractivity contribution in [3.8, 4) is 11.6 Å². The Bertz CT molecular complexity index is 732. The molecule has 0 aliphatic heterocycles. The van der Waals surface area contributed by atoms with Gasteiger partial charge in [-0.15, -0.1) is 10.2 Å². The molecule has 0 spiro atoms. The van der Waals surface area contributed by atoms with Gasteiger partial charge in [-0.05, 0) is 25.0 Å². The summed E-state index contributed by atoms with van der Waals surface area (Å²) >= 11 is 1.53. The average molecular weight is 319 g/mol. The van der Waals surface area contributed by atoms with E-state index in [9.17, 15) is 0 Å². The fourth-order valence-electron chi connectivity index (χ4n) is 2.04. The van der Waals surface area contributed by atoms with Crippen LogP contribution in [0, 0.1) is 12.8 Å². The van der Waals surface area contributed by atoms with Gasteiger partial charge in [0, 0.05) is 6.54 Å². The molecule has 0 fully saturated rings. The fraction of sp³-hybridized carbons (Fsp3) is 0.429. The number of aromatic nitrogens is 5. The molecule has 3 aromatic heterocycles. The molecule has 3 aromatic rings. The van der Waals surface area contributed by atoms with Crippen LogP contribution in [0.15, 0.2) is 32.5 Å². The van der Waals surface area contributed by atoms with Crippen LogP contribution in [0.2, 0.25) is 0 Å². The van der Waals surface area contributed by atoms with Gasteiger partial charge in [-0.1, -0.05) is 30.8 Å². The van der Waals surface area contributed by atoms with Crippen LogP contribution in [0.5, 0.6) is 0 Å². The van der Waals surface area contributed by atoms with Crippen molar-refractivity contribution in [3.05, 3.63) is 30.1 Å². The Morgan fingerprint density at radius 1 is 1.32 bits per heavy atom. The van der Waals surface area contributed by atoms with E-state index in [-0.39, 0.29) is 0 Å². The van der Waals surface area contributed by atoms with Gasteiger partial charge in [0.25, 0.3) is 0 Å². The third-order valence-electron chi connectivity index (χ3n) is 2.90. The van der Waals surface area contributed by atoms with Crippen LogP contribution >= 0.6 is 11.8 Å². The first-order valence-electron chi connectivity index (χ1n) is 7.02. The lowest BCUT2D eigenvalue weighted by atomic mass is 10.2. The van der Waals surface area contributed by atoms with Crippen LogP contribution in [0.25, 0.3) is 11.6 Å². The molecular weight excluding hydrogens is 302 g/mol. The minimum Gasteiger partial charge on any atom is -0.461 e. The summed E-state index contributed by atoms with van der Waals surface area (Å²) in [4.78, 5) is 4.20. The smallest absolute Gasteiger partial charge is 0.237 e. The predicted molar refractivity (Wildman–Crippen MR) is 81.2 cm³/mol. The molecule has 0 bridgehead atoms. The molecule has 0 saturated heterocycles. The van der Waals surface area contributed by atoms with Gasteiger partial charge in [0.2, 0.25) is 5.89 Å². The Morgan fingerprint density at radius 2 is 2.18 bits per heavy atom. The quantitative estimate of drug-likeness (QED) is 0.645. The van der Waals surface area contributed by atoms with Crippen LogP contribution in [0.4, 0.5) is 0 Å². The molecule has 8 heteroatoms. The van der Waals surface area contributed by atoms with E-state index in [1.165, 1.54) is 11.8 Å². The summed E-state index contributed by atoms with van der Waals surface area (Å²) in [5.41, 5.74) is 0. The van der Waals surface area contributed by atoms with Gasteiger partial charge in [0.05, 0.1) is 12.0 Å². The van der Waals surface area contributed by atoms with E-state index >= 15 is 0 Å². The molecule has 0 aliphatic carbocycles. The van der Waals surface area contributed by atoms with Gasteiger partial charge < -0.3 is 8.94 Å². The lowest BCUT2D eigenvalue weighted by Crippen LogP contribution is -2.07. The number of rotatable bonds is 6. The minimum atomic E-state index is 0.467. The number of aryl methyl sites for hydroxylation is 1. The van der Waals surface area contributed by atoms with Crippen LogP contribution in [0.3, 0.4) is 0 Å². The van der Waals surface area contributed by atoms with Gasteiger partial charge in [-0.2, -0.15) is 4.98 Å². The van der Waals surface area contributed by atoms with E-state index in [0.717, 1.165) is 17.5 Å². The number of furan rings is 1. The standard InChI is InChI=1S/C14H17N5O2S/c1-9(2)7-19-13(11-5-4-6-20-11)16-17-14(19)22-8-12-15-10(3)18-21-12/h4-6,9H,7-8H2,1-3H3. The highest BCUT2D eigenvalue weighted by molar-refractivity contribution is 7.98. The highest BCUT2D eigenvalue weighted by atomic mass is 32.2. The van der Waals surface area contributed by atoms with Gasteiger partial charge in [0.1, 0.15) is 0 Å². The lowest BCUT2D eigenvalue weighted by Gasteiger charge is -2.10. The molecule has 3 heterocycles. The second-order valence-electron chi connectivity index (χ2n) is 5.31. The highest BCUT2D eigenvalue weighted by Gasteiger charge is 2.18. The second-order valence-corrected chi connectivity index (χ2v) is 6.25. The number of thioether (sulfide) groups is 1. The summed E-state index contributed by atoms with van der Waals surface area (Å²) in [7, 11) is 0. The van der Waals surface area contributed by atoms with Crippen molar-refractivity contribution < 1.29 is 8.94 Å². The van der Waals surface area contributed by atoms with Crippen molar-refractivity contribution in [1.82, 2.24) is 24.9 Å². The summed E-state index contributed by atoms with van der Waals surface area (Å²) in [6.45, 7) is 6.92. The van der Waals surface area contributed by atoms with E-state index in [4.69, 9.17) is 8.94 Å². The van der Waals surface area contributed by atoms with Crippen LogP contribution < -0.4 is 0 Å². The summed E-state index contributed by atoms with van der Waals surface area (Å²) in [6.07, 6.45) is 1.64. The first kappa shape index (κ1) is 14.8. The monoisotopic (exact) mass is 319 g/mol. The summed E-state index contributed by atoms with van der Waals surface area (Å²) < 4.78 is 12.6. The molecule has 0 atom stereocenters. The molecule has 0 aromatic carbocycles. The fourth-order valence-corrected chi connectivity index (χ4v) is 2.82. The van der Waals surface area contributed by atoms with E-state index < -0.39 is 0 Å². The molecule has 0 aliphatic rings. The molecule has 0 N–H and O–H groups in total. The molecule has 0 amide bonds. The third kappa shape index (κ3) is 3.22. The third-order valence-corrected chi connectivity index (χ3v) is 3.85. The van der Waals surface area contributed by atoms with E-state index in [1.807, 2.05) is 12.1 Å². The highest BCUT2D eigenvalue weighted by Crippen LogP contribution is 2.27. The van der Waals surface area contributed by atoms with Crippen LogP contribution in [-0.2, 0) is 12.3 Å². The van der Waals surface area contributed by atoms with Gasteiger partial charge in [-0.25, -0.2) is 0 Å². The Labute approximate surface area is 132 Å². The topological polar surface area (TPSA) is 82.8 Å². The zero-order chi connectivity index (χ0) is 15.5. The molecule has 7 nitrogen and oxygen atoms in total. The summed E-state index contributed by atoms with van der Waals surface area (Å²) in [5, 5.41) is 13.1. The molecule has 3 rings (SSSR count). The predicted octanol–water partition coefficient (Wildman–Crippen LogP) is 3.18. The average Bonchev–Trinajstić information content (AvgIpc) is 3.17. The Morgan fingerprint density at radius 3 is 2.82 bits per heavy atom. The Kier molecular flexibility index (Phi) is 4.28. The zero-order valence-electron chi connectivity index (χ0n) is 12.7. The van der Waals surface area contributed by atoms with E-state index in [0.29, 0.717) is 29.1 Å². The Balaban J connectivity index is 1.83. The first-order chi connectivity index (χ1) is 10.6.